The Morgan fingerprint density at radius 1 is 1.39 bits per heavy atom. The van der Waals surface area contributed by atoms with Crippen molar-refractivity contribution in [3.05, 3.63) is 36.4 Å². The first-order chi connectivity index (χ1) is 8.45. The Hall–Kier alpha value is -1.77. The number of hydrogen-bond donors (Lipinski definition) is 1. The maximum atomic E-state index is 11.6. The van der Waals surface area contributed by atoms with Gasteiger partial charge in [0.1, 0.15) is 12.4 Å². The highest BCUT2D eigenvalue weighted by atomic mass is 16.5. The van der Waals surface area contributed by atoms with Crippen LogP contribution in [-0.2, 0) is 4.79 Å². The van der Waals surface area contributed by atoms with Crippen LogP contribution in [0.15, 0.2) is 30.8 Å². The van der Waals surface area contributed by atoms with Gasteiger partial charge in [0.15, 0.2) is 0 Å². The van der Waals surface area contributed by atoms with E-state index in [0.717, 1.165) is 11.3 Å². The SMILES string of the molecule is C=Cc1ccccc1OCCNC(=O)C(C)(C)C. The normalized spacial score (nSPS) is 10.8. The number of rotatable bonds is 5. The zero-order valence-electron chi connectivity index (χ0n) is 11.3. The Kier molecular flexibility index (Phi) is 4.95. The van der Waals surface area contributed by atoms with Crippen LogP contribution < -0.4 is 10.1 Å². The van der Waals surface area contributed by atoms with Gasteiger partial charge in [0.05, 0.1) is 6.54 Å². The van der Waals surface area contributed by atoms with Crippen molar-refractivity contribution in [3.8, 4) is 5.75 Å². The van der Waals surface area contributed by atoms with Crippen LogP contribution in [0.1, 0.15) is 26.3 Å². The highest BCUT2D eigenvalue weighted by Gasteiger charge is 2.20. The Bertz CT molecular complexity index is 419. The average Bonchev–Trinajstić information content (AvgIpc) is 2.33. The van der Waals surface area contributed by atoms with Crippen LogP contribution in [-0.4, -0.2) is 19.1 Å². The smallest absolute Gasteiger partial charge is 0.225 e. The fourth-order valence-corrected chi connectivity index (χ4v) is 1.37. The van der Waals surface area contributed by atoms with E-state index in [-0.39, 0.29) is 11.3 Å². The fraction of sp³-hybridized carbons (Fsp3) is 0.400. The molecule has 0 unspecified atom stereocenters. The van der Waals surface area contributed by atoms with E-state index in [2.05, 4.69) is 11.9 Å². The molecule has 0 heterocycles. The van der Waals surface area contributed by atoms with E-state index in [1.165, 1.54) is 0 Å². The molecule has 1 aromatic rings. The van der Waals surface area contributed by atoms with Crippen molar-refractivity contribution in [3.63, 3.8) is 0 Å². The van der Waals surface area contributed by atoms with Crippen LogP contribution in [0.25, 0.3) is 6.08 Å². The second-order valence-corrected chi connectivity index (χ2v) is 5.10. The number of ether oxygens (including phenoxy) is 1. The highest BCUT2D eigenvalue weighted by molar-refractivity contribution is 5.81. The summed E-state index contributed by atoms with van der Waals surface area (Å²) in [5, 5.41) is 2.84. The molecule has 1 rings (SSSR count). The molecule has 0 bridgehead atoms. The van der Waals surface area contributed by atoms with Crippen molar-refractivity contribution in [1.82, 2.24) is 5.32 Å². The van der Waals surface area contributed by atoms with Crippen LogP contribution in [0.3, 0.4) is 0 Å². The number of benzene rings is 1. The van der Waals surface area contributed by atoms with E-state index in [1.807, 2.05) is 45.0 Å². The zero-order valence-corrected chi connectivity index (χ0v) is 11.3. The summed E-state index contributed by atoms with van der Waals surface area (Å²) in [6.07, 6.45) is 1.75. The maximum absolute atomic E-state index is 11.6. The second kappa shape index (κ2) is 6.24. The number of nitrogens with one attached hydrogen (secondary N) is 1. The average molecular weight is 247 g/mol. The van der Waals surface area contributed by atoms with Crippen molar-refractivity contribution >= 4 is 12.0 Å². The summed E-state index contributed by atoms with van der Waals surface area (Å²) in [4.78, 5) is 11.6. The van der Waals surface area contributed by atoms with Crippen LogP contribution >= 0.6 is 0 Å². The number of carbonyl (C=O) groups is 1. The molecule has 18 heavy (non-hydrogen) atoms. The van der Waals surface area contributed by atoms with Gasteiger partial charge < -0.3 is 10.1 Å². The maximum Gasteiger partial charge on any atom is 0.225 e. The van der Waals surface area contributed by atoms with Gasteiger partial charge in [-0.1, -0.05) is 51.6 Å². The number of hydrogen-bond acceptors (Lipinski definition) is 2. The molecule has 0 aromatic heterocycles. The van der Waals surface area contributed by atoms with E-state index in [9.17, 15) is 4.79 Å². The van der Waals surface area contributed by atoms with Gasteiger partial charge in [-0.05, 0) is 6.07 Å². The monoisotopic (exact) mass is 247 g/mol. The van der Waals surface area contributed by atoms with Crippen molar-refractivity contribution in [2.45, 2.75) is 20.8 Å². The summed E-state index contributed by atoms with van der Waals surface area (Å²) >= 11 is 0. The lowest BCUT2D eigenvalue weighted by atomic mass is 9.96. The Labute approximate surface area is 109 Å². The second-order valence-electron chi connectivity index (χ2n) is 5.10. The van der Waals surface area contributed by atoms with Gasteiger partial charge in [-0.3, -0.25) is 4.79 Å². The van der Waals surface area contributed by atoms with Gasteiger partial charge in [0, 0.05) is 11.0 Å². The zero-order chi connectivity index (χ0) is 13.6. The predicted molar refractivity (Wildman–Crippen MR) is 74.5 cm³/mol. The third kappa shape index (κ3) is 4.24. The lowest BCUT2D eigenvalue weighted by Crippen LogP contribution is -2.37. The van der Waals surface area contributed by atoms with Crippen molar-refractivity contribution in [2.24, 2.45) is 5.41 Å². The summed E-state index contributed by atoms with van der Waals surface area (Å²) in [5.41, 5.74) is 0.596. The largest absolute Gasteiger partial charge is 0.491 e. The molecule has 0 saturated carbocycles. The van der Waals surface area contributed by atoms with Crippen molar-refractivity contribution < 1.29 is 9.53 Å². The molecule has 1 aromatic carbocycles. The quantitative estimate of drug-likeness (QED) is 0.812. The van der Waals surface area contributed by atoms with Gasteiger partial charge in [-0.25, -0.2) is 0 Å². The van der Waals surface area contributed by atoms with E-state index < -0.39 is 0 Å². The Morgan fingerprint density at radius 3 is 2.67 bits per heavy atom. The molecule has 1 amide bonds. The van der Waals surface area contributed by atoms with E-state index in [0.29, 0.717) is 13.2 Å². The molecule has 0 fully saturated rings. The van der Waals surface area contributed by atoms with Crippen LogP contribution in [0, 0.1) is 5.41 Å². The van der Waals surface area contributed by atoms with Gasteiger partial charge >= 0.3 is 0 Å². The van der Waals surface area contributed by atoms with Crippen molar-refractivity contribution in [1.29, 1.82) is 0 Å². The third-order valence-electron chi connectivity index (χ3n) is 2.47. The van der Waals surface area contributed by atoms with Crippen LogP contribution in [0.5, 0.6) is 5.75 Å². The lowest BCUT2D eigenvalue weighted by Gasteiger charge is -2.17. The summed E-state index contributed by atoms with van der Waals surface area (Å²) in [7, 11) is 0. The lowest BCUT2D eigenvalue weighted by molar-refractivity contribution is -0.128. The molecule has 0 saturated heterocycles. The molecular formula is C15H21NO2. The molecule has 0 aliphatic rings. The van der Waals surface area contributed by atoms with Gasteiger partial charge in [0.25, 0.3) is 0 Å². The molecule has 1 N–H and O–H groups in total. The topological polar surface area (TPSA) is 38.3 Å². The molecule has 98 valence electrons. The van der Waals surface area contributed by atoms with Crippen molar-refractivity contribution in [2.75, 3.05) is 13.2 Å². The Morgan fingerprint density at radius 2 is 2.06 bits per heavy atom. The molecular weight excluding hydrogens is 226 g/mol. The molecule has 3 heteroatoms. The summed E-state index contributed by atoms with van der Waals surface area (Å²) in [5.74, 6) is 0.820. The van der Waals surface area contributed by atoms with E-state index in [1.54, 1.807) is 6.08 Å². The third-order valence-corrected chi connectivity index (χ3v) is 2.47. The fourth-order valence-electron chi connectivity index (χ4n) is 1.37. The van der Waals surface area contributed by atoms with Crippen LogP contribution in [0.4, 0.5) is 0 Å². The number of para-hydroxylation sites is 1. The predicted octanol–water partition coefficient (Wildman–Crippen LogP) is 2.87. The van der Waals surface area contributed by atoms with E-state index in [4.69, 9.17) is 4.74 Å². The molecule has 0 atom stereocenters. The first-order valence-corrected chi connectivity index (χ1v) is 6.07. The van der Waals surface area contributed by atoms with Gasteiger partial charge in [-0.15, -0.1) is 0 Å². The molecule has 3 nitrogen and oxygen atoms in total. The number of amides is 1. The summed E-state index contributed by atoms with van der Waals surface area (Å²) in [6, 6.07) is 7.68. The van der Waals surface area contributed by atoms with E-state index >= 15 is 0 Å². The molecule has 0 radical (unpaired) electrons. The minimum Gasteiger partial charge on any atom is -0.491 e. The summed E-state index contributed by atoms with van der Waals surface area (Å²) < 4.78 is 5.61. The number of carbonyl (C=O) groups excluding carboxylic acids is 1. The summed E-state index contributed by atoms with van der Waals surface area (Å²) in [6.45, 7) is 10.3. The Balaban J connectivity index is 2.39. The highest BCUT2D eigenvalue weighted by Crippen LogP contribution is 2.18. The van der Waals surface area contributed by atoms with Crippen LogP contribution in [0.2, 0.25) is 0 Å². The minimum atomic E-state index is -0.362. The first kappa shape index (κ1) is 14.3. The van der Waals surface area contributed by atoms with Gasteiger partial charge in [-0.2, -0.15) is 0 Å². The molecule has 0 aliphatic heterocycles. The van der Waals surface area contributed by atoms with Gasteiger partial charge in [0.2, 0.25) is 5.91 Å². The molecule has 0 aliphatic carbocycles. The minimum absolute atomic E-state index is 0.0307. The standard InChI is InChI=1S/C15H21NO2/c1-5-12-8-6-7-9-13(12)18-11-10-16-14(17)15(2,3)4/h5-9H,1,10-11H2,2-4H3,(H,16,17). The molecule has 0 spiro atoms. The first-order valence-electron chi connectivity index (χ1n) is 6.07.